The van der Waals surface area contributed by atoms with Crippen molar-refractivity contribution in [1.29, 1.82) is 0 Å². The molecule has 0 aliphatic carbocycles. The largest absolute Gasteiger partial charge is 0.394 e. The van der Waals surface area contributed by atoms with Crippen LogP contribution in [0.4, 0.5) is 0 Å². The zero-order chi connectivity index (χ0) is 11.9. The van der Waals surface area contributed by atoms with Crippen LogP contribution in [0.1, 0.15) is 13.8 Å². The molecule has 5 heteroatoms. The highest BCUT2D eigenvalue weighted by molar-refractivity contribution is 5.10. The minimum atomic E-state index is -0.615. The van der Waals surface area contributed by atoms with Gasteiger partial charge in [-0.15, -0.1) is 0 Å². The molecule has 3 N–H and O–H groups in total. The zero-order valence-corrected chi connectivity index (χ0v) is 9.96. The summed E-state index contributed by atoms with van der Waals surface area (Å²) >= 11 is 0. The maximum absolute atomic E-state index is 10.1. The molecule has 0 amide bonds. The lowest BCUT2D eigenvalue weighted by molar-refractivity contribution is -0.243. The van der Waals surface area contributed by atoms with Crippen molar-refractivity contribution in [2.24, 2.45) is 5.92 Å². The number of nitrogens with one attached hydrogen (secondary N) is 1. The van der Waals surface area contributed by atoms with E-state index in [1.54, 1.807) is 0 Å². The third-order valence-corrected chi connectivity index (χ3v) is 3.67. The minimum absolute atomic E-state index is 0.0152. The fraction of sp³-hybridized carbons (Fsp3) is 1.00. The predicted molar refractivity (Wildman–Crippen MR) is 58.1 cm³/mol. The van der Waals surface area contributed by atoms with E-state index in [1.807, 2.05) is 0 Å². The predicted octanol–water partition coefficient (Wildman–Crippen LogP) is -0.882. The van der Waals surface area contributed by atoms with E-state index in [0.717, 1.165) is 0 Å². The highest BCUT2D eigenvalue weighted by atomic mass is 16.6. The quantitative estimate of drug-likeness (QED) is 0.588. The summed E-state index contributed by atoms with van der Waals surface area (Å²) in [7, 11) is 1.53. The summed E-state index contributed by atoms with van der Waals surface area (Å²) in [5, 5.41) is 22.6. The molecule has 6 atom stereocenters. The first-order chi connectivity index (χ1) is 7.60. The van der Waals surface area contributed by atoms with E-state index >= 15 is 0 Å². The van der Waals surface area contributed by atoms with Gasteiger partial charge in [0.1, 0.15) is 18.3 Å². The number of aliphatic hydroxyl groups excluding tert-OH is 2. The zero-order valence-electron chi connectivity index (χ0n) is 9.96. The Morgan fingerprint density at radius 2 is 2.12 bits per heavy atom. The SMILES string of the molecule is COC1C(CO)OC2C(C(C)C)NC2[C@H]1O. The van der Waals surface area contributed by atoms with Gasteiger partial charge in [0.25, 0.3) is 0 Å². The van der Waals surface area contributed by atoms with E-state index in [4.69, 9.17) is 9.47 Å². The first-order valence-corrected chi connectivity index (χ1v) is 5.83. The van der Waals surface area contributed by atoms with Gasteiger partial charge in [0.05, 0.1) is 18.8 Å². The Kier molecular flexibility index (Phi) is 3.51. The summed E-state index contributed by atoms with van der Waals surface area (Å²) < 4.78 is 11.0. The average Bonchev–Trinajstić information content (AvgIpc) is 2.20. The molecule has 0 aromatic carbocycles. The Hall–Kier alpha value is -0.200. The molecule has 0 radical (unpaired) electrons. The molecular weight excluding hydrogens is 210 g/mol. The van der Waals surface area contributed by atoms with E-state index in [1.165, 1.54) is 7.11 Å². The summed E-state index contributed by atoms with van der Waals surface area (Å²) in [4.78, 5) is 0. The second kappa shape index (κ2) is 4.58. The van der Waals surface area contributed by atoms with Crippen LogP contribution in [-0.2, 0) is 9.47 Å². The van der Waals surface area contributed by atoms with Crippen LogP contribution in [0.25, 0.3) is 0 Å². The molecule has 2 heterocycles. The van der Waals surface area contributed by atoms with Gasteiger partial charge in [0, 0.05) is 13.2 Å². The summed E-state index contributed by atoms with van der Waals surface area (Å²) in [6, 6.07) is 0.187. The van der Waals surface area contributed by atoms with Crippen molar-refractivity contribution in [3.8, 4) is 0 Å². The molecular formula is C11H21NO4. The summed E-state index contributed by atoms with van der Waals surface area (Å²) in [5.74, 6) is 0.451. The summed E-state index contributed by atoms with van der Waals surface area (Å²) in [5.41, 5.74) is 0. The van der Waals surface area contributed by atoms with Crippen LogP contribution in [0, 0.1) is 5.92 Å². The van der Waals surface area contributed by atoms with Gasteiger partial charge >= 0.3 is 0 Å². The molecule has 5 unspecified atom stereocenters. The van der Waals surface area contributed by atoms with Crippen LogP contribution >= 0.6 is 0 Å². The molecule has 2 aliphatic heterocycles. The number of fused-ring (bicyclic) bond motifs is 1. The smallest absolute Gasteiger partial charge is 0.113 e. The second-order valence-electron chi connectivity index (χ2n) is 4.97. The normalized spacial score (nSPS) is 47.6. The summed E-state index contributed by atoms with van der Waals surface area (Å²) in [6.45, 7) is 4.10. The van der Waals surface area contributed by atoms with E-state index in [-0.39, 0.29) is 24.8 Å². The van der Waals surface area contributed by atoms with Crippen LogP contribution in [-0.4, -0.2) is 60.4 Å². The highest BCUT2D eigenvalue weighted by Gasteiger charge is 2.54. The average molecular weight is 231 g/mol. The molecule has 5 nitrogen and oxygen atoms in total. The lowest BCUT2D eigenvalue weighted by Gasteiger charge is -2.56. The van der Waals surface area contributed by atoms with Gasteiger partial charge in [-0.25, -0.2) is 0 Å². The minimum Gasteiger partial charge on any atom is -0.394 e. The molecule has 0 aromatic rings. The van der Waals surface area contributed by atoms with Crippen molar-refractivity contribution >= 4 is 0 Å². The van der Waals surface area contributed by atoms with Crippen LogP contribution in [0.15, 0.2) is 0 Å². The van der Waals surface area contributed by atoms with Crippen molar-refractivity contribution in [2.45, 2.75) is 50.3 Å². The Morgan fingerprint density at radius 1 is 1.44 bits per heavy atom. The monoisotopic (exact) mass is 231 g/mol. The molecule has 0 aromatic heterocycles. The van der Waals surface area contributed by atoms with E-state index in [2.05, 4.69) is 19.2 Å². The standard InChI is InChI=1S/C11H21NO4/c1-5(2)7-11-8(12-7)9(14)10(15-3)6(4-13)16-11/h5-14H,4H2,1-3H3/t6?,7?,8?,9-,10?,11?/m1/s1. The topological polar surface area (TPSA) is 71.0 Å². The van der Waals surface area contributed by atoms with Crippen LogP contribution in [0.2, 0.25) is 0 Å². The molecule has 94 valence electrons. The van der Waals surface area contributed by atoms with Gasteiger partial charge in [-0.05, 0) is 5.92 Å². The molecule has 16 heavy (non-hydrogen) atoms. The van der Waals surface area contributed by atoms with Crippen LogP contribution in [0.5, 0.6) is 0 Å². The lowest BCUT2D eigenvalue weighted by Crippen LogP contribution is -2.78. The van der Waals surface area contributed by atoms with Gasteiger partial charge in [-0.1, -0.05) is 13.8 Å². The number of ether oxygens (including phenoxy) is 2. The molecule has 2 saturated heterocycles. The number of rotatable bonds is 3. The number of aliphatic hydroxyl groups is 2. The first kappa shape index (κ1) is 12.3. The number of methoxy groups -OCH3 is 1. The second-order valence-corrected chi connectivity index (χ2v) is 4.97. The number of hydrogen-bond acceptors (Lipinski definition) is 5. The maximum Gasteiger partial charge on any atom is 0.113 e. The fourth-order valence-electron chi connectivity index (χ4n) is 2.69. The van der Waals surface area contributed by atoms with E-state index in [0.29, 0.717) is 5.92 Å². The van der Waals surface area contributed by atoms with Gasteiger partial charge in [-0.2, -0.15) is 0 Å². The molecule has 0 saturated carbocycles. The molecule has 2 aliphatic rings. The van der Waals surface area contributed by atoms with Gasteiger partial charge < -0.3 is 25.0 Å². The summed E-state index contributed by atoms with van der Waals surface area (Å²) in [6.07, 6.45) is -1.51. The van der Waals surface area contributed by atoms with Gasteiger partial charge in [0.15, 0.2) is 0 Å². The van der Waals surface area contributed by atoms with E-state index < -0.39 is 18.3 Å². The van der Waals surface area contributed by atoms with Crippen molar-refractivity contribution in [2.75, 3.05) is 13.7 Å². The van der Waals surface area contributed by atoms with Crippen LogP contribution < -0.4 is 5.32 Å². The lowest BCUT2D eigenvalue weighted by atomic mass is 9.78. The Balaban J connectivity index is 2.06. The third-order valence-electron chi connectivity index (χ3n) is 3.67. The van der Waals surface area contributed by atoms with Crippen molar-refractivity contribution < 1.29 is 19.7 Å². The highest BCUT2D eigenvalue weighted by Crippen LogP contribution is 2.33. The van der Waals surface area contributed by atoms with Crippen LogP contribution in [0.3, 0.4) is 0 Å². The Labute approximate surface area is 95.7 Å². The molecule has 2 rings (SSSR count). The van der Waals surface area contributed by atoms with E-state index in [9.17, 15) is 10.2 Å². The van der Waals surface area contributed by atoms with Gasteiger partial charge in [0.2, 0.25) is 0 Å². The van der Waals surface area contributed by atoms with Crippen molar-refractivity contribution in [3.05, 3.63) is 0 Å². The van der Waals surface area contributed by atoms with Crippen molar-refractivity contribution in [1.82, 2.24) is 5.32 Å². The fourth-order valence-corrected chi connectivity index (χ4v) is 2.69. The maximum atomic E-state index is 10.1. The molecule has 2 fully saturated rings. The van der Waals surface area contributed by atoms with Crippen molar-refractivity contribution in [3.63, 3.8) is 0 Å². The number of hydrogen-bond donors (Lipinski definition) is 3. The Morgan fingerprint density at radius 3 is 2.62 bits per heavy atom. The first-order valence-electron chi connectivity index (χ1n) is 5.83. The molecule has 0 bridgehead atoms. The Bertz CT molecular complexity index is 246. The van der Waals surface area contributed by atoms with Gasteiger partial charge in [-0.3, -0.25) is 0 Å². The third kappa shape index (κ3) is 1.76. The molecule has 0 spiro atoms.